The fourth-order valence-electron chi connectivity index (χ4n) is 3.25. The highest BCUT2D eigenvalue weighted by molar-refractivity contribution is 5.89. The minimum Gasteiger partial charge on any atom is -0.353 e. The van der Waals surface area contributed by atoms with E-state index in [1.807, 2.05) is 13.0 Å². The van der Waals surface area contributed by atoms with Gasteiger partial charge in [-0.05, 0) is 26.0 Å². The number of para-hydroxylation sites is 1. The van der Waals surface area contributed by atoms with Crippen molar-refractivity contribution in [2.45, 2.75) is 19.9 Å². The molecule has 4 rings (SSSR count). The van der Waals surface area contributed by atoms with E-state index in [-0.39, 0.29) is 11.9 Å². The predicted octanol–water partition coefficient (Wildman–Crippen LogP) is 2.34. The normalized spacial score (nSPS) is 17.2. The monoisotopic (exact) mass is 342 g/mol. The number of benzene rings is 1. The van der Waals surface area contributed by atoms with E-state index in [1.165, 1.54) is 12.4 Å². The van der Waals surface area contributed by atoms with Crippen LogP contribution in [0, 0.1) is 12.7 Å². The molecule has 0 spiro atoms. The largest absolute Gasteiger partial charge is 0.353 e. The fourth-order valence-corrected chi connectivity index (χ4v) is 3.25. The van der Waals surface area contributed by atoms with Crippen molar-refractivity contribution in [2.24, 2.45) is 0 Å². The lowest BCUT2D eigenvalue weighted by atomic mass is 10.2. The van der Waals surface area contributed by atoms with Crippen molar-refractivity contribution in [2.75, 3.05) is 31.1 Å². The highest BCUT2D eigenvalue weighted by Gasteiger charge is 2.26. The molecule has 0 N–H and O–H groups in total. The van der Waals surface area contributed by atoms with Crippen LogP contribution in [0.2, 0.25) is 0 Å². The summed E-state index contributed by atoms with van der Waals surface area (Å²) in [5.41, 5.74) is 0.365. The van der Waals surface area contributed by atoms with E-state index in [4.69, 9.17) is 4.52 Å². The molecule has 3 heterocycles. The summed E-state index contributed by atoms with van der Waals surface area (Å²) in [5.74, 6) is 1.75. The van der Waals surface area contributed by atoms with Gasteiger partial charge in [-0.15, -0.1) is 0 Å². The van der Waals surface area contributed by atoms with E-state index in [0.717, 1.165) is 37.4 Å². The Labute approximate surface area is 144 Å². The van der Waals surface area contributed by atoms with Crippen LogP contribution in [0.25, 0.3) is 10.9 Å². The second kappa shape index (κ2) is 6.36. The van der Waals surface area contributed by atoms with Gasteiger partial charge in [-0.25, -0.2) is 14.4 Å². The van der Waals surface area contributed by atoms with E-state index >= 15 is 0 Å². The number of hydrogen-bond acceptors (Lipinski definition) is 7. The van der Waals surface area contributed by atoms with Crippen molar-refractivity contribution in [1.29, 1.82) is 0 Å². The summed E-state index contributed by atoms with van der Waals surface area (Å²) >= 11 is 0. The third kappa shape index (κ3) is 2.93. The van der Waals surface area contributed by atoms with Crippen LogP contribution < -0.4 is 4.90 Å². The van der Waals surface area contributed by atoms with Crippen molar-refractivity contribution in [1.82, 2.24) is 25.0 Å². The van der Waals surface area contributed by atoms with Gasteiger partial charge in [0.1, 0.15) is 23.5 Å². The summed E-state index contributed by atoms with van der Waals surface area (Å²) in [6.45, 7) is 7.14. The van der Waals surface area contributed by atoms with E-state index in [1.54, 1.807) is 6.07 Å². The number of fused-ring (bicyclic) bond motifs is 1. The molecule has 1 aliphatic heterocycles. The Morgan fingerprint density at radius 2 is 1.96 bits per heavy atom. The quantitative estimate of drug-likeness (QED) is 0.723. The van der Waals surface area contributed by atoms with Gasteiger partial charge in [0.2, 0.25) is 5.89 Å². The van der Waals surface area contributed by atoms with Crippen LogP contribution in [-0.2, 0) is 0 Å². The van der Waals surface area contributed by atoms with Gasteiger partial charge in [0, 0.05) is 31.6 Å². The van der Waals surface area contributed by atoms with Crippen molar-refractivity contribution >= 4 is 16.7 Å². The Kier molecular flexibility index (Phi) is 4.04. The van der Waals surface area contributed by atoms with Crippen LogP contribution in [0.3, 0.4) is 0 Å². The molecule has 1 aromatic carbocycles. The molecule has 7 nitrogen and oxygen atoms in total. The van der Waals surface area contributed by atoms with E-state index in [9.17, 15) is 4.39 Å². The minimum absolute atomic E-state index is 0.0722. The van der Waals surface area contributed by atoms with Crippen LogP contribution in [0.1, 0.15) is 24.7 Å². The summed E-state index contributed by atoms with van der Waals surface area (Å²) < 4.78 is 19.2. The number of aryl methyl sites for hydroxylation is 1. The molecule has 0 bridgehead atoms. The smallest absolute Gasteiger partial charge is 0.243 e. The van der Waals surface area contributed by atoms with Crippen molar-refractivity contribution in [3.8, 4) is 0 Å². The summed E-state index contributed by atoms with van der Waals surface area (Å²) in [5, 5.41) is 4.61. The standard InChI is InChI=1S/C17H19FN6O/c1-11(17-21-12(2)22-25-17)23-6-8-24(9-7-23)16-13-4-3-5-14(18)15(13)19-10-20-16/h3-5,10-11H,6-9H2,1-2H3. The molecular formula is C17H19FN6O. The summed E-state index contributed by atoms with van der Waals surface area (Å²) in [6.07, 6.45) is 1.43. The zero-order valence-corrected chi connectivity index (χ0v) is 14.2. The van der Waals surface area contributed by atoms with Crippen LogP contribution in [0.5, 0.6) is 0 Å². The van der Waals surface area contributed by atoms with Gasteiger partial charge >= 0.3 is 0 Å². The summed E-state index contributed by atoms with van der Waals surface area (Å²) in [6, 6.07) is 5.05. The lowest BCUT2D eigenvalue weighted by Crippen LogP contribution is -2.47. The van der Waals surface area contributed by atoms with Crippen LogP contribution in [-0.4, -0.2) is 51.2 Å². The molecule has 3 aromatic rings. The van der Waals surface area contributed by atoms with Crippen molar-refractivity contribution in [3.05, 3.63) is 42.1 Å². The molecule has 0 aliphatic carbocycles. The average Bonchev–Trinajstić information content (AvgIpc) is 3.08. The van der Waals surface area contributed by atoms with E-state index in [0.29, 0.717) is 17.2 Å². The molecule has 25 heavy (non-hydrogen) atoms. The Hall–Kier alpha value is -2.61. The number of piperazine rings is 1. The van der Waals surface area contributed by atoms with Crippen molar-refractivity contribution in [3.63, 3.8) is 0 Å². The van der Waals surface area contributed by atoms with Crippen LogP contribution in [0.4, 0.5) is 10.2 Å². The second-order valence-corrected chi connectivity index (χ2v) is 6.21. The van der Waals surface area contributed by atoms with Gasteiger partial charge in [-0.3, -0.25) is 4.90 Å². The molecule has 1 atom stereocenters. The van der Waals surface area contributed by atoms with Gasteiger partial charge in [0.05, 0.1) is 6.04 Å². The van der Waals surface area contributed by atoms with Crippen LogP contribution >= 0.6 is 0 Å². The maximum absolute atomic E-state index is 14.0. The molecule has 2 aromatic heterocycles. The first-order chi connectivity index (χ1) is 12.1. The fraction of sp³-hybridized carbons (Fsp3) is 0.412. The molecule has 1 fully saturated rings. The number of nitrogens with zero attached hydrogens (tertiary/aromatic N) is 6. The van der Waals surface area contributed by atoms with Gasteiger partial charge < -0.3 is 9.42 Å². The third-order valence-electron chi connectivity index (χ3n) is 4.66. The zero-order chi connectivity index (χ0) is 17.4. The number of hydrogen-bond donors (Lipinski definition) is 0. The second-order valence-electron chi connectivity index (χ2n) is 6.21. The predicted molar refractivity (Wildman–Crippen MR) is 90.7 cm³/mol. The molecule has 8 heteroatoms. The molecule has 0 saturated carbocycles. The highest BCUT2D eigenvalue weighted by atomic mass is 19.1. The Morgan fingerprint density at radius 1 is 1.16 bits per heavy atom. The van der Waals surface area contributed by atoms with Gasteiger partial charge in [0.15, 0.2) is 5.82 Å². The molecular weight excluding hydrogens is 323 g/mol. The van der Waals surface area contributed by atoms with Gasteiger partial charge in [-0.1, -0.05) is 11.2 Å². The van der Waals surface area contributed by atoms with E-state index < -0.39 is 0 Å². The molecule has 1 saturated heterocycles. The molecule has 1 aliphatic rings. The number of rotatable bonds is 3. The highest BCUT2D eigenvalue weighted by Crippen LogP contribution is 2.27. The van der Waals surface area contributed by atoms with Crippen LogP contribution in [0.15, 0.2) is 29.0 Å². The SMILES string of the molecule is Cc1noc(C(C)N2CCN(c3ncnc4c(F)cccc34)CC2)n1. The first kappa shape index (κ1) is 15.9. The van der Waals surface area contributed by atoms with E-state index in [2.05, 4.69) is 36.8 Å². The number of halogens is 1. The first-order valence-electron chi connectivity index (χ1n) is 8.32. The summed E-state index contributed by atoms with van der Waals surface area (Å²) in [4.78, 5) is 17.3. The molecule has 0 radical (unpaired) electrons. The Balaban J connectivity index is 1.52. The molecule has 0 amide bonds. The Morgan fingerprint density at radius 3 is 2.68 bits per heavy atom. The third-order valence-corrected chi connectivity index (χ3v) is 4.66. The molecule has 1 unspecified atom stereocenters. The van der Waals surface area contributed by atoms with Gasteiger partial charge in [0.25, 0.3) is 0 Å². The maximum atomic E-state index is 14.0. The average molecular weight is 342 g/mol. The maximum Gasteiger partial charge on any atom is 0.243 e. The van der Waals surface area contributed by atoms with Crippen molar-refractivity contribution < 1.29 is 8.91 Å². The minimum atomic E-state index is -0.319. The van der Waals surface area contributed by atoms with Gasteiger partial charge in [-0.2, -0.15) is 4.98 Å². The zero-order valence-electron chi connectivity index (χ0n) is 14.2. The summed E-state index contributed by atoms with van der Waals surface area (Å²) in [7, 11) is 0. The lowest BCUT2D eigenvalue weighted by Gasteiger charge is -2.37. The molecule has 130 valence electrons. The topological polar surface area (TPSA) is 71.2 Å². The Bertz CT molecular complexity index is 890. The lowest BCUT2D eigenvalue weighted by molar-refractivity contribution is 0.164. The number of anilines is 1. The first-order valence-corrected chi connectivity index (χ1v) is 8.32. The number of aromatic nitrogens is 4.